The van der Waals surface area contributed by atoms with Crippen molar-refractivity contribution in [2.24, 2.45) is 5.10 Å². The van der Waals surface area contributed by atoms with Gasteiger partial charge < -0.3 is 9.47 Å². The monoisotopic (exact) mass is 376 g/mol. The summed E-state index contributed by atoms with van der Waals surface area (Å²) in [6.45, 7) is 6.51. The summed E-state index contributed by atoms with van der Waals surface area (Å²) in [5.74, 6) is 1.39. The molecular formula is C19H24N2O4S. The molecule has 140 valence electrons. The lowest BCUT2D eigenvalue weighted by atomic mass is 10.2. The summed E-state index contributed by atoms with van der Waals surface area (Å²) in [6, 6.07) is 13.4. The van der Waals surface area contributed by atoms with Gasteiger partial charge in [-0.3, -0.25) is 0 Å². The average Bonchev–Trinajstić information content (AvgIpc) is 2.61. The van der Waals surface area contributed by atoms with Crippen LogP contribution in [0.1, 0.15) is 32.8 Å². The van der Waals surface area contributed by atoms with E-state index in [1.807, 2.05) is 32.9 Å². The molecule has 7 heteroatoms. The van der Waals surface area contributed by atoms with Gasteiger partial charge in [0.05, 0.1) is 23.8 Å². The minimum Gasteiger partial charge on any atom is -0.494 e. The van der Waals surface area contributed by atoms with Crippen LogP contribution in [0.15, 0.2) is 58.5 Å². The highest BCUT2D eigenvalue weighted by Crippen LogP contribution is 2.17. The van der Waals surface area contributed by atoms with E-state index in [1.165, 1.54) is 18.3 Å². The summed E-state index contributed by atoms with van der Waals surface area (Å²) in [6.07, 6.45) is 2.41. The fourth-order valence-electron chi connectivity index (χ4n) is 2.06. The molecule has 0 atom stereocenters. The van der Waals surface area contributed by atoms with Gasteiger partial charge in [0, 0.05) is 0 Å². The van der Waals surface area contributed by atoms with Crippen LogP contribution in [-0.2, 0) is 10.0 Å². The highest BCUT2D eigenvalue weighted by Gasteiger charge is 2.12. The Labute approximate surface area is 154 Å². The number of nitrogens with zero attached hydrogens (tertiary/aromatic N) is 1. The predicted molar refractivity (Wildman–Crippen MR) is 102 cm³/mol. The second-order valence-corrected chi connectivity index (χ2v) is 7.57. The first-order valence-corrected chi connectivity index (χ1v) is 9.93. The predicted octanol–water partition coefficient (Wildman–Crippen LogP) is 3.58. The van der Waals surface area contributed by atoms with Gasteiger partial charge in [0.15, 0.2) is 0 Å². The Hall–Kier alpha value is -2.54. The third-order valence-electron chi connectivity index (χ3n) is 3.25. The van der Waals surface area contributed by atoms with E-state index in [-0.39, 0.29) is 11.0 Å². The number of hydrogen-bond acceptors (Lipinski definition) is 5. The maximum atomic E-state index is 12.2. The summed E-state index contributed by atoms with van der Waals surface area (Å²) in [5, 5.41) is 3.82. The molecule has 0 aliphatic rings. The molecule has 0 radical (unpaired) electrons. The third-order valence-corrected chi connectivity index (χ3v) is 4.48. The number of ether oxygens (including phenoxy) is 2. The lowest BCUT2D eigenvalue weighted by molar-refractivity contribution is 0.242. The van der Waals surface area contributed by atoms with Crippen molar-refractivity contribution >= 4 is 16.2 Å². The van der Waals surface area contributed by atoms with Gasteiger partial charge in [-0.1, -0.05) is 6.92 Å². The van der Waals surface area contributed by atoms with Gasteiger partial charge in [-0.05, 0) is 74.4 Å². The Kier molecular flexibility index (Phi) is 7.03. The molecule has 0 saturated heterocycles. The Bertz CT molecular complexity index is 814. The van der Waals surface area contributed by atoms with Gasteiger partial charge >= 0.3 is 0 Å². The highest BCUT2D eigenvalue weighted by atomic mass is 32.2. The van der Waals surface area contributed by atoms with Gasteiger partial charge in [-0.25, -0.2) is 4.83 Å². The molecule has 0 heterocycles. The number of rotatable bonds is 9. The molecule has 0 aliphatic carbocycles. The summed E-state index contributed by atoms with van der Waals surface area (Å²) < 4.78 is 35.5. The first-order chi connectivity index (χ1) is 12.4. The molecule has 0 spiro atoms. The van der Waals surface area contributed by atoms with Crippen molar-refractivity contribution in [3.63, 3.8) is 0 Å². The van der Waals surface area contributed by atoms with Crippen LogP contribution >= 0.6 is 0 Å². The average molecular weight is 376 g/mol. The lowest BCUT2D eigenvalue weighted by Crippen LogP contribution is -2.18. The van der Waals surface area contributed by atoms with E-state index < -0.39 is 10.0 Å². The van der Waals surface area contributed by atoms with Gasteiger partial charge in [-0.2, -0.15) is 13.5 Å². The maximum Gasteiger partial charge on any atom is 0.276 e. The second-order valence-electron chi connectivity index (χ2n) is 5.91. The molecule has 26 heavy (non-hydrogen) atoms. The zero-order valence-electron chi connectivity index (χ0n) is 15.2. The number of sulfonamides is 1. The molecule has 2 aromatic rings. The van der Waals surface area contributed by atoms with Gasteiger partial charge in [0.25, 0.3) is 10.0 Å². The fraction of sp³-hybridized carbons (Fsp3) is 0.316. The molecule has 0 bridgehead atoms. The topological polar surface area (TPSA) is 77.0 Å². The van der Waals surface area contributed by atoms with E-state index in [9.17, 15) is 8.42 Å². The second kappa shape index (κ2) is 9.24. The van der Waals surface area contributed by atoms with Gasteiger partial charge in [-0.15, -0.1) is 0 Å². The number of benzene rings is 2. The summed E-state index contributed by atoms with van der Waals surface area (Å²) in [7, 11) is -3.72. The third kappa shape index (κ3) is 6.07. The van der Waals surface area contributed by atoms with Crippen LogP contribution < -0.4 is 14.3 Å². The first-order valence-electron chi connectivity index (χ1n) is 8.45. The molecular weight excluding hydrogens is 352 g/mol. The van der Waals surface area contributed by atoms with E-state index >= 15 is 0 Å². The van der Waals surface area contributed by atoms with Crippen LogP contribution in [0, 0.1) is 0 Å². The zero-order valence-corrected chi connectivity index (χ0v) is 16.0. The van der Waals surface area contributed by atoms with Crippen molar-refractivity contribution in [3.8, 4) is 11.5 Å². The van der Waals surface area contributed by atoms with Crippen molar-refractivity contribution < 1.29 is 17.9 Å². The Morgan fingerprint density at radius 2 is 1.65 bits per heavy atom. The molecule has 0 aromatic heterocycles. The molecule has 0 fully saturated rings. The van der Waals surface area contributed by atoms with Crippen molar-refractivity contribution in [2.75, 3.05) is 6.61 Å². The SMILES string of the molecule is CCCOc1ccc(/C=N/NS(=O)(=O)c2ccc(OC(C)C)cc2)cc1. The molecule has 0 aliphatic heterocycles. The summed E-state index contributed by atoms with van der Waals surface area (Å²) in [5.41, 5.74) is 0.761. The van der Waals surface area contributed by atoms with Crippen LogP contribution in [0.25, 0.3) is 0 Å². The van der Waals surface area contributed by atoms with Crippen LogP contribution in [0.3, 0.4) is 0 Å². The minimum absolute atomic E-state index is 0.0268. The van der Waals surface area contributed by atoms with E-state index in [2.05, 4.69) is 9.93 Å². The fourth-order valence-corrected chi connectivity index (χ4v) is 2.85. The van der Waals surface area contributed by atoms with E-state index in [1.54, 1.807) is 24.3 Å². The lowest BCUT2D eigenvalue weighted by Gasteiger charge is -2.10. The maximum absolute atomic E-state index is 12.2. The van der Waals surface area contributed by atoms with E-state index in [0.29, 0.717) is 12.4 Å². The Morgan fingerprint density at radius 3 is 2.23 bits per heavy atom. The number of hydrogen-bond donors (Lipinski definition) is 1. The quantitative estimate of drug-likeness (QED) is 0.536. The molecule has 6 nitrogen and oxygen atoms in total. The van der Waals surface area contributed by atoms with Crippen molar-refractivity contribution in [1.82, 2.24) is 4.83 Å². The zero-order chi connectivity index (χ0) is 19.0. The minimum atomic E-state index is -3.72. The summed E-state index contributed by atoms with van der Waals surface area (Å²) in [4.78, 5) is 2.32. The van der Waals surface area contributed by atoms with Gasteiger partial charge in [0.1, 0.15) is 11.5 Å². The van der Waals surface area contributed by atoms with Gasteiger partial charge in [0.2, 0.25) is 0 Å². The Balaban J connectivity index is 1.97. The molecule has 2 aromatic carbocycles. The van der Waals surface area contributed by atoms with E-state index in [4.69, 9.17) is 9.47 Å². The van der Waals surface area contributed by atoms with Crippen molar-refractivity contribution in [3.05, 3.63) is 54.1 Å². The van der Waals surface area contributed by atoms with Crippen LogP contribution in [-0.4, -0.2) is 27.3 Å². The van der Waals surface area contributed by atoms with Crippen molar-refractivity contribution in [1.29, 1.82) is 0 Å². The molecule has 1 N–H and O–H groups in total. The standard InChI is InChI=1S/C19H24N2O4S/c1-4-13-24-17-7-5-16(6-8-17)14-20-21-26(22,23)19-11-9-18(10-12-19)25-15(2)3/h5-12,14-15,21H,4,13H2,1-3H3/b20-14+. The molecule has 2 rings (SSSR count). The smallest absolute Gasteiger partial charge is 0.276 e. The molecule has 0 amide bonds. The Morgan fingerprint density at radius 1 is 1.04 bits per heavy atom. The largest absolute Gasteiger partial charge is 0.494 e. The van der Waals surface area contributed by atoms with Crippen molar-refractivity contribution in [2.45, 2.75) is 38.2 Å². The van der Waals surface area contributed by atoms with Crippen LogP contribution in [0.4, 0.5) is 0 Å². The molecule has 0 saturated carbocycles. The van der Waals surface area contributed by atoms with Crippen LogP contribution in [0.2, 0.25) is 0 Å². The normalized spacial score (nSPS) is 11.7. The number of nitrogens with one attached hydrogen (secondary N) is 1. The van der Waals surface area contributed by atoms with E-state index in [0.717, 1.165) is 17.7 Å². The van der Waals surface area contributed by atoms with Crippen LogP contribution in [0.5, 0.6) is 11.5 Å². The molecule has 0 unspecified atom stereocenters. The number of hydrazone groups is 1. The highest BCUT2D eigenvalue weighted by molar-refractivity contribution is 7.89. The first kappa shape index (κ1) is 19.8. The summed E-state index contributed by atoms with van der Waals surface area (Å²) >= 11 is 0.